The summed E-state index contributed by atoms with van der Waals surface area (Å²) in [6.07, 6.45) is 0.123. The summed E-state index contributed by atoms with van der Waals surface area (Å²) in [5, 5.41) is 0. The molecule has 12 heavy (non-hydrogen) atoms. The molecule has 0 fully saturated rings. The van der Waals surface area contributed by atoms with E-state index < -0.39 is 22.0 Å². The monoisotopic (exact) mass is 194 g/mol. The molecule has 6 heteroatoms. The summed E-state index contributed by atoms with van der Waals surface area (Å²) in [7, 11) is -3.48. The van der Waals surface area contributed by atoms with Gasteiger partial charge in [-0.25, -0.2) is 8.42 Å². The van der Waals surface area contributed by atoms with Crippen LogP contribution in [0.25, 0.3) is 0 Å². The molecule has 0 aromatic heterocycles. The fraction of sp³-hybridized carbons (Fsp3) is 0.667. The van der Waals surface area contributed by atoms with E-state index in [9.17, 15) is 13.2 Å². The summed E-state index contributed by atoms with van der Waals surface area (Å²) in [5.41, 5.74) is 0. The minimum Gasteiger partial charge on any atom is -0.363 e. The van der Waals surface area contributed by atoms with E-state index in [1.165, 1.54) is 13.5 Å². The van der Waals surface area contributed by atoms with Crippen LogP contribution in [-0.4, -0.2) is 26.7 Å². The third-order valence-electron chi connectivity index (χ3n) is 0.995. The first-order valence-corrected chi connectivity index (χ1v) is 5.21. The maximum Gasteiger partial charge on any atom is 0.262 e. The minimum atomic E-state index is -3.48. The van der Waals surface area contributed by atoms with Crippen LogP contribution in [0.5, 0.6) is 0 Å². The van der Waals surface area contributed by atoms with Crippen LogP contribution >= 0.6 is 0 Å². The highest BCUT2D eigenvalue weighted by molar-refractivity contribution is 7.89. The van der Waals surface area contributed by atoms with E-state index in [-0.39, 0.29) is 0 Å². The van der Waals surface area contributed by atoms with Gasteiger partial charge in [0.25, 0.3) is 5.91 Å². The lowest BCUT2D eigenvalue weighted by Gasteiger charge is -2.09. The molecule has 1 N–H and O–H groups in total. The second-order valence-corrected chi connectivity index (χ2v) is 4.00. The van der Waals surface area contributed by atoms with Gasteiger partial charge in [0.1, 0.15) is 6.10 Å². The summed E-state index contributed by atoms with van der Waals surface area (Å²) in [6, 6.07) is 0. The van der Waals surface area contributed by atoms with Crippen molar-refractivity contribution in [2.24, 2.45) is 0 Å². The van der Waals surface area contributed by atoms with Crippen molar-refractivity contribution in [3.8, 4) is 0 Å². The smallest absolute Gasteiger partial charge is 0.262 e. The van der Waals surface area contributed by atoms with Gasteiger partial charge in [-0.2, -0.15) is 0 Å². The molecule has 0 saturated carbocycles. The van der Waals surface area contributed by atoms with Crippen molar-refractivity contribution >= 4 is 15.9 Å². The van der Waals surface area contributed by atoms with Crippen LogP contribution < -0.4 is 4.72 Å². The number of nitrogens with one attached hydrogen (secondary N) is 1. The van der Waals surface area contributed by atoms with E-state index in [0.29, 0.717) is 0 Å². The first-order chi connectivity index (χ1) is 5.37. The molecule has 0 bridgehead atoms. The van der Waals surface area contributed by atoms with Gasteiger partial charge in [0, 0.05) is 0 Å². The number of hydrogen-bond acceptors (Lipinski definition) is 4. The molecule has 1 radical (unpaired) electrons. The van der Waals surface area contributed by atoms with Crippen LogP contribution in [0.1, 0.15) is 13.8 Å². The Bertz CT molecular complexity index is 246. The fourth-order valence-electron chi connectivity index (χ4n) is 0.532. The Morgan fingerprint density at radius 2 is 2.08 bits per heavy atom. The number of ether oxygens (including phenoxy) is 1. The third kappa shape index (κ3) is 5.09. The van der Waals surface area contributed by atoms with E-state index in [0.717, 1.165) is 6.26 Å². The molecule has 0 aromatic rings. The molecule has 1 amide bonds. The molecule has 0 saturated heterocycles. The van der Waals surface area contributed by atoms with Crippen molar-refractivity contribution in [2.75, 3.05) is 6.26 Å². The molecule has 5 nitrogen and oxygen atoms in total. The summed E-state index contributed by atoms with van der Waals surface area (Å²) >= 11 is 0. The fourth-order valence-corrected chi connectivity index (χ4v) is 1.06. The quantitative estimate of drug-likeness (QED) is 0.664. The van der Waals surface area contributed by atoms with Crippen LogP contribution in [0, 0.1) is 6.61 Å². The zero-order chi connectivity index (χ0) is 9.78. The molecule has 1 atom stereocenters. The molecule has 71 valence electrons. The molecule has 0 rings (SSSR count). The Balaban J connectivity index is 4.05. The van der Waals surface area contributed by atoms with Crippen LogP contribution in [0.3, 0.4) is 0 Å². The van der Waals surface area contributed by atoms with Gasteiger partial charge in [-0.3, -0.25) is 9.52 Å². The second-order valence-electron chi connectivity index (χ2n) is 2.25. The molecule has 1 unspecified atom stereocenters. The topological polar surface area (TPSA) is 72.5 Å². The van der Waals surface area contributed by atoms with Crippen LogP contribution in [0.15, 0.2) is 0 Å². The first-order valence-electron chi connectivity index (χ1n) is 3.31. The number of rotatable bonds is 4. The van der Waals surface area contributed by atoms with Crippen molar-refractivity contribution in [1.82, 2.24) is 4.72 Å². The lowest BCUT2D eigenvalue weighted by Crippen LogP contribution is -2.37. The maximum atomic E-state index is 10.9. The molecule has 0 aliphatic heterocycles. The van der Waals surface area contributed by atoms with Crippen molar-refractivity contribution in [3.05, 3.63) is 6.61 Å². The van der Waals surface area contributed by atoms with Crippen LogP contribution in [-0.2, 0) is 19.6 Å². The average molecular weight is 194 g/mol. The predicted octanol–water partition coefficient (Wildman–Crippen LogP) is -0.351. The van der Waals surface area contributed by atoms with Crippen LogP contribution in [0.2, 0.25) is 0 Å². The summed E-state index contributed by atoms with van der Waals surface area (Å²) in [4.78, 5) is 10.9. The van der Waals surface area contributed by atoms with Gasteiger partial charge in [0.05, 0.1) is 12.9 Å². The summed E-state index contributed by atoms with van der Waals surface area (Å²) < 4.78 is 27.6. The Morgan fingerprint density at radius 1 is 1.58 bits per heavy atom. The van der Waals surface area contributed by atoms with E-state index in [2.05, 4.69) is 0 Å². The van der Waals surface area contributed by atoms with Crippen LogP contribution in [0.4, 0.5) is 0 Å². The van der Waals surface area contributed by atoms with Crippen molar-refractivity contribution in [1.29, 1.82) is 0 Å². The van der Waals surface area contributed by atoms with Gasteiger partial charge in [0.15, 0.2) is 0 Å². The number of sulfonamides is 1. The Morgan fingerprint density at radius 3 is 2.42 bits per heavy atom. The Hall–Kier alpha value is -0.620. The van der Waals surface area contributed by atoms with Crippen molar-refractivity contribution in [3.63, 3.8) is 0 Å². The minimum absolute atomic E-state index is 0.671. The van der Waals surface area contributed by atoms with Gasteiger partial charge >= 0.3 is 0 Å². The zero-order valence-electron chi connectivity index (χ0n) is 7.20. The predicted molar refractivity (Wildman–Crippen MR) is 43.5 cm³/mol. The number of carbonyl (C=O) groups excluding carboxylic acids is 1. The van der Waals surface area contributed by atoms with E-state index in [1.54, 1.807) is 11.6 Å². The normalized spacial score (nSPS) is 13.9. The van der Waals surface area contributed by atoms with Gasteiger partial charge in [-0.1, -0.05) is 0 Å². The van der Waals surface area contributed by atoms with E-state index >= 15 is 0 Å². The lowest BCUT2D eigenvalue weighted by atomic mass is 10.4. The third-order valence-corrected chi connectivity index (χ3v) is 1.57. The molecule has 0 aliphatic rings. The number of carbonyl (C=O) groups is 1. The van der Waals surface area contributed by atoms with Gasteiger partial charge in [-0.05, 0) is 13.8 Å². The zero-order valence-corrected chi connectivity index (χ0v) is 8.01. The molecular formula is C6H12NO4S. The largest absolute Gasteiger partial charge is 0.363 e. The van der Waals surface area contributed by atoms with Crippen molar-refractivity contribution in [2.45, 2.75) is 20.0 Å². The summed E-state index contributed by atoms with van der Waals surface area (Å²) in [5.74, 6) is -0.671. The molecule has 0 heterocycles. The molecule has 0 aliphatic carbocycles. The SMILES string of the molecule is C[CH]OC(C)C(=O)NS(C)(=O)=O. The standard InChI is InChI=1S/C6H12NO4S/c1-4-11-5(2)6(8)7-12(3,9)10/h4-5H,1-3H3,(H,7,8). The van der Waals surface area contributed by atoms with Gasteiger partial charge in [-0.15, -0.1) is 0 Å². The molecular weight excluding hydrogens is 182 g/mol. The highest BCUT2D eigenvalue weighted by Crippen LogP contribution is 1.93. The van der Waals surface area contributed by atoms with E-state index in [4.69, 9.17) is 4.74 Å². The average Bonchev–Trinajstić information content (AvgIpc) is 1.84. The van der Waals surface area contributed by atoms with Gasteiger partial charge < -0.3 is 4.74 Å². The maximum absolute atomic E-state index is 10.9. The lowest BCUT2D eigenvalue weighted by molar-refractivity contribution is -0.127. The molecule has 0 spiro atoms. The number of hydrogen-bond donors (Lipinski definition) is 1. The Kier molecular flexibility index (Phi) is 4.19. The van der Waals surface area contributed by atoms with Crippen molar-refractivity contribution < 1.29 is 17.9 Å². The highest BCUT2D eigenvalue weighted by atomic mass is 32.2. The second kappa shape index (κ2) is 4.42. The highest BCUT2D eigenvalue weighted by Gasteiger charge is 2.15. The number of amides is 1. The van der Waals surface area contributed by atoms with E-state index in [1.807, 2.05) is 0 Å². The Labute approximate surface area is 72.1 Å². The van der Waals surface area contributed by atoms with Gasteiger partial charge in [0.2, 0.25) is 10.0 Å². The summed E-state index contributed by atoms with van der Waals surface area (Å²) in [6.45, 7) is 4.39. The molecule has 0 aromatic carbocycles. The first kappa shape index (κ1) is 11.4.